The van der Waals surface area contributed by atoms with Gasteiger partial charge in [-0.25, -0.2) is 0 Å². The van der Waals surface area contributed by atoms with Crippen LogP contribution in [-0.4, -0.2) is 40.9 Å². The van der Waals surface area contributed by atoms with Crippen molar-refractivity contribution < 1.29 is 17.1 Å². The van der Waals surface area contributed by atoms with E-state index in [0.29, 0.717) is 0 Å². The van der Waals surface area contributed by atoms with Gasteiger partial charge >= 0.3 is 17.1 Å². The van der Waals surface area contributed by atoms with Gasteiger partial charge in [-0.2, -0.15) is 0 Å². The third-order valence-electron chi connectivity index (χ3n) is 5.98. The molecule has 2 unspecified atom stereocenters. The van der Waals surface area contributed by atoms with Crippen molar-refractivity contribution in [3.63, 3.8) is 0 Å². The highest BCUT2D eigenvalue weighted by molar-refractivity contribution is 6.89. The van der Waals surface area contributed by atoms with Crippen LogP contribution < -0.4 is 4.74 Å². The smallest absolute Gasteiger partial charge is 0.315 e. The summed E-state index contributed by atoms with van der Waals surface area (Å²) < 4.78 is 26.5. The van der Waals surface area contributed by atoms with Gasteiger partial charge in [-0.3, -0.25) is 0 Å². The average Bonchev–Trinajstić information content (AvgIpc) is 2.72. The molecule has 2 aromatic carbocycles. The topological polar surface area (TPSA) is 36.9 Å². The lowest BCUT2D eigenvalue weighted by Crippen LogP contribution is -2.58. The van der Waals surface area contributed by atoms with E-state index in [1.54, 1.807) is 7.11 Å². The summed E-state index contributed by atoms with van der Waals surface area (Å²) in [6.07, 6.45) is 4.18. The predicted molar refractivity (Wildman–Crippen MR) is 164 cm³/mol. The van der Waals surface area contributed by atoms with E-state index in [1.165, 1.54) is 16.7 Å². The molecule has 2 aromatic rings. The van der Waals surface area contributed by atoms with Crippen LogP contribution in [0.25, 0.3) is 0 Å². The van der Waals surface area contributed by atoms with Gasteiger partial charge in [0.2, 0.25) is 0 Å². The minimum Gasteiger partial charge on any atom is -0.496 e. The van der Waals surface area contributed by atoms with E-state index >= 15 is 0 Å². The zero-order valence-corrected chi connectivity index (χ0v) is 28.5. The first-order valence-corrected chi connectivity index (χ1v) is 25.3. The van der Waals surface area contributed by atoms with E-state index < -0.39 is 33.8 Å². The standard InChI is InChI=1S/C28H50O4Si4/c1-25-20-21-27(24-28(25)29-2)19-15-23-36(10,31-34(6,7)8)32-35(9,30-33(3,4)5)22-14-18-26-16-12-11-13-17-26/h11-13,16-17,20-21,24H,14-15,18-19,22-23H2,1-10H3. The Morgan fingerprint density at radius 2 is 1.11 bits per heavy atom. The predicted octanol–water partition coefficient (Wildman–Crippen LogP) is 8.43. The molecule has 0 aliphatic heterocycles. The van der Waals surface area contributed by atoms with Gasteiger partial charge in [0.05, 0.1) is 7.11 Å². The van der Waals surface area contributed by atoms with Crippen molar-refractivity contribution in [2.75, 3.05) is 7.11 Å². The third-order valence-corrected chi connectivity index (χ3v) is 20.3. The molecular formula is C28H50O4Si4. The molecule has 2 atom stereocenters. The van der Waals surface area contributed by atoms with E-state index in [2.05, 4.69) is 108 Å². The van der Waals surface area contributed by atoms with Crippen LogP contribution in [0.4, 0.5) is 0 Å². The Balaban J connectivity index is 2.16. The van der Waals surface area contributed by atoms with E-state index in [9.17, 15) is 0 Å². The number of benzene rings is 2. The highest BCUT2D eigenvalue weighted by Crippen LogP contribution is 2.32. The Morgan fingerprint density at radius 1 is 0.611 bits per heavy atom. The third kappa shape index (κ3) is 11.6. The molecule has 2 rings (SSSR count). The van der Waals surface area contributed by atoms with Crippen molar-refractivity contribution >= 4 is 33.8 Å². The fourth-order valence-corrected chi connectivity index (χ4v) is 23.3. The van der Waals surface area contributed by atoms with Gasteiger partial charge < -0.3 is 17.1 Å². The molecule has 0 aliphatic rings. The molecule has 0 radical (unpaired) electrons. The average molecular weight is 563 g/mol. The van der Waals surface area contributed by atoms with Crippen molar-refractivity contribution in [3.05, 3.63) is 65.2 Å². The lowest BCUT2D eigenvalue weighted by Gasteiger charge is -2.43. The lowest BCUT2D eigenvalue weighted by atomic mass is 10.1. The Labute approximate surface area is 225 Å². The maximum atomic E-state index is 7.20. The molecule has 4 nitrogen and oxygen atoms in total. The second kappa shape index (κ2) is 13.2. The second-order valence-corrected chi connectivity index (χ2v) is 28.7. The maximum Gasteiger partial charge on any atom is 0.315 e. The Kier molecular flexibility index (Phi) is 11.4. The summed E-state index contributed by atoms with van der Waals surface area (Å²) >= 11 is 0. The maximum absolute atomic E-state index is 7.20. The summed E-state index contributed by atoms with van der Waals surface area (Å²) in [6, 6.07) is 19.3. The first kappa shape index (κ1) is 31.2. The summed E-state index contributed by atoms with van der Waals surface area (Å²) in [7, 11) is -6.70. The van der Waals surface area contributed by atoms with Gasteiger partial charge in [0, 0.05) is 0 Å². The van der Waals surface area contributed by atoms with Crippen molar-refractivity contribution in [3.8, 4) is 5.75 Å². The molecule has 0 aromatic heterocycles. The first-order valence-electron chi connectivity index (χ1n) is 13.4. The molecule has 0 heterocycles. The molecule has 0 aliphatic carbocycles. The molecule has 0 spiro atoms. The van der Waals surface area contributed by atoms with Crippen molar-refractivity contribution in [1.82, 2.24) is 0 Å². The van der Waals surface area contributed by atoms with Crippen LogP contribution >= 0.6 is 0 Å². The normalized spacial score (nSPS) is 15.8. The largest absolute Gasteiger partial charge is 0.496 e. The van der Waals surface area contributed by atoms with Crippen LogP contribution in [0.3, 0.4) is 0 Å². The minimum absolute atomic E-state index is 0.962. The fourth-order valence-electron chi connectivity index (χ4n) is 4.89. The van der Waals surface area contributed by atoms with Crippen LogP contribution in [0.15, 0.2) is 48.5 Å². The monoisotopic (exact) mass is 562 g/mol. The molecule has 202 valence electrons. The number of methoxy groups -OCH3 is 1. The molecule has 0 saturated heterocycles. The minimum atomic E-state index is -2.45. The summed E-state index contributed by atoms with van der Waals surface area (Å²) in [4.78, 5) is 0. The summed E-state index contributed by atoms with van der Waals surface area (Å²) in [5.74, 6) is 0.962. The highest BCUT2D eigenvalue weighted by atomic mass is 28.5. The SMILES string of the molecule is COc1cc(CCC[Si](C)(O[Si](C)(C)C)O[Si](C)(CCCc2ccccc2)O[Si](C)(C)C)ccc1C. The molecule has 0 bridgehead atoms. The van der Waals surface area contributed by atoms with E-state index in [4.69, 9.17) is 17.1 Å². The molecule has 0 saturated carbocycles. The summed E-state index contributed by atoms with van der Waals surface area (Å²) in [5, 5.41) is 0. The van der Waals surface area contributed by atoms with Crippen molar-refractivity contribution in [2.24, 2.45) is 0 Å². The summed E-state index contributed by atoms with van der Waals surface area (Å²) in [6.45, 7) is 20.3. The Morgan fingerprint density at radius 3 is 1.58 bits per heavy atom. The van der Waals surface area contributed by atoms with Crippen molar-refractivity contribution in [1.29, 1.82) is 0 Å². The van der Waals surface area contributed by atoms with Crippen LogP contribution in [0.2, 0.25) is 64.5 Å². The number of ether oxygens (including phenoxy) is 1. The van der Waals surface area contributed by atoms with Crippen LogP contribution in [-0.2, 0) is 25.2 Å². The van der Waals surface area contributed by atoms with Gasteiger partial charge in [-0.1, -0.05) is 42.5 Å². The summed E-state index contributed by atoms with van der Waals surface area (Å²) in [5.41, 5.74) is 3.86. The second-order valence-electron chi connectivity index (χ2n) is 12.3. The highest BCUT2D eigenvalue weighted by Gasteiger charge is 2.46. The molecular weight excluding hydrogens is 513 g/mol. The number of rotatable bonds is 15. The Hall–Kier alpha value is -1.01. The van der Waals surface area contributed by atoms with Gasteiger partial charge in [0.1, 0.15) is 5.75 Å². The van der Waals surface area contributed by atoms with E-state index in [-0.39, 0.29) is 0 Å². The number of aryl methyl sites for hydroxylation is 3. The van der Waals surface area contributed by atoms with Crippen molar-refractivity contribution in [2.45, 2.75) is 97.1 Å². The molecule has 0 fully saturated rings. The van der Waals surface area contributed by atoms with Gasteiger partial charge in [0.15, 0.2) is 16.6 Å². The van der Waals surface area contributed by atoms with Gasteiger partial charge in [-0.15, -0.1) is 0 Å². The zero-order valence-electron chi connectivity index (χ0n) is 24.5. The van der Waals surface area contributed by atoms with Gasteiger partial charge in [0.25, 0.3) is 0 Å². The van der Waals surface area contributed by atoms with E-state index in [0.717, 1.165) is 43.5 Å². The lowest BCUT2D eigenvalue weighted by molar-refractivity contribution is 0.314. The van der Waals surface area contributed by atoms with Crippen LogP contribution in [0, 0.1) is 6.92 Å². The molecule has 8 heteroatoms. The van der Waals surface area contributed by atoms with Gasteiger partial charge in [-0.05, 0) is 120 Å². The molecule has 0 N–H and O–H groups in total. The number of hydrogen-bond acceptors (Lipinski definition) is 4. The molecule has 36 heavy (non-hydrogen) atoms. The van der Waals surface area contributed by atoms with Crippen LogP contribution in [0.5, 0.6) is 5.75 Å². The Bertz CT molecular complexity index is 943. The quantitative estimate of drug-likeness (QED) is 0.204. The first-order chi connectivity index (χ1) is 16.6. The van der Waals surface area contributed by atoms with E-state index in [1.807, 2.05) is 0 Å². The zero-order chi connectivity index (χ0) is 27.0. The molecule has 0 amide bonds. The number of hydrogen-bond donors (Lipinski definition) is 0. The van der Waals surface area contributed by atoms with Crippen LogP contribution in [0.1, 0.15) is 29.5 Å². The fraction of sp³-hybridized carbons (Fsp3) is 0.571.